The fourth-order valence-corrected chi connectivity index (χ4v) is 15.1. The first-order valence-electron chi connectivity index (χ1n) is 30.1. The Balaban J connectivity index is 0.722. The fraction of sp³-hybridized carbons (Fsp3) is 0.0238. The maximum Gasteiger partial charge on any atom is 0.0541 e. The van der Waals surface area contributed by atoms with Crippen molar-refractivity contribution in [3.05, 3.63) is 339 Å². The van der Waals surface area contributed by atoms with Crippen LogP contribution in [0.5, 0.6) is 0 Å². The van der Waals surface area contributed by atoms with E-state index in [1.807, 2.05) is 11.8 Å². The molecule has 0 saturated heterocycles. The van der Waals surface area contributed by atoms with Crippen LogP contribution in [0.2, 0.25) is 0 Å². The van der Waals surface area contributed by atoms with E-state index in [0.717, 1.165) is 11.4 Å². The van der Waals surface area contributed by atoms with E-state index < -0.39 is 0 Å². The van der Waals surface area contributed by atoms with E-state index in [-0.39, 0.29) is 0 Å². The maximum atomic E-state index is 2.50. The lowest BCUT2D eigenvalue weighted by Crippen LogP contribution is -2.08. The molecule has 3 heteroatoms. The third kappa shape index (κ3) is 9.06. The number of fused-ring (bicyclic) bond motifs is 9. The lowest BCUT2D eigenvalue weighted by atomic mass is 9.87. The molecule has 2 unspecified atom stereocenters. The first-order chi connectivity index (χ1) is 43.1. The molecule has 0 fully saturated rings. The molecule has 0 saturated carbocycles. The number of nitrogens with zero attached hydrogens (tertiary/aromatic N) is 2. The van der Waals surface area contributed by atoms with Crippen LogP contribution >= 0.6 is 11.8 Å². The second-order valence-electron chi connectivity index (χ2n) is 23.2. The minimum Gasteiger partial charge on any atom is -0.309 e. The van der Waals surface area contributed by atoms with E-state index in [9.17, 15) is 0 Å². The van der Waals surface area contributed by atoms with Crippen molar-refractivity contribution < 1.29 is 0 Å². The van der Waals surface area contributed by atoms with Gasteiger partial charge in [-0.1, -0.05) is 218 Å². The summed E-state index contributed by atoms with van der Waals surface area (Å²) in [4.78, 5) is 1.40. The molecule has 15 aromatic rings. The van der Waals surface area contributed by atoms with Crippen LogP contribution < -0.4 is 0 Å². The summed E-state index contributed by atoms with van der Waals surface area (Å²) >= 11 is 1.99. The van der Waals surface area contributed by atoms with Crippen LogP contribution in [-0.4, -0.2) is 14.4 Å². The van der Waals surface area contributed by atoms with Crippen molar-refractivity contribution in [1.29, 1.82) is 0 Å². The Labute approximate surface area is 510 Å². The molecule has 0 amide bonds. The van der Waals surface area contributed by atoms with E-state index >= 15 is 0 Å². The Morgan fingerprint density at radius 1 is 0.253 bits per heavy atom. The fourth-order valence-electron chi connectivity index (χ4n) is 13.7. The first kappa shape index (κ1) is 50.8. The normalized spacial score (nSPS) is 14.4. The predicted molar refractivity (Wildman–Crippen MR) is 369 cm³/mol. The molecule has 0 spiro atoms. The monoisotopic (exact) mass is 1120 g/mol. The summed E-state index contributed by atoms with van der Waals surface area (Å²) in [5, 5.41) is 5.37. The molecule has 0 N–H and O–H groups in total. The van der Waals surface area contributed by atoms with Gasteiger partial charge in [0.1, 0.15) is 0 Å². The molecule has 0 bridgehead atoms. The van der Waals surface area contributed by atoms with Crippen molar-refractivity contribution >= 4 is 60.9 Å². The van der Waals surface area contributed by atoms with Crippen LogP contribution in [0.25, 0.3) is 138 Å². The highest BCUT2D eigenvalue weighted by molar-refractivity contribution is 8.00. The maximum absolute atomic E-state index is 2.50. The number of rotatable bonds is 10. The summed E-state index contributed by atoms with van der Waals surface area (Å²) in [5.41, 5.74) is 27.7. The third-order valence-electron chi connectivity index (χ3n) is 18.0. The minimum absolute atomic E-state index is 0.369. The number of aromatic nitrogens is 2. The summed E-state index contributed by atoms with van der Waals surface area (Å²) in [6.07, 6.45) is 7.27. The van der Waals surface area contributed by atoms with Crippen molar-refractivity contribution in [3.8, 4) is 89.3 Å². The zero-order valence-electron chi connectivity index (χ0n) is 47.6. The van der Waals surface area contributed by atoms with E-state index in [0.29, 0.717) is 11.2 Å². The molecule has 1 aliphatic carbocycles. The molecule has 1 aliphatic heterocycles. The summed E-state index contributed by atoms with van der Waals surface area (Å²) in [7, 11) is 0. The van der Waals surface area contributed by atoms with Crippen LogP contribution in [0.4, 0.5) is 0 Å². The summed E-state index contributed by atoms with van der Waals surface area (Å²) in [5.74, 6) is 0.369. The first-order valence-corrected chi connectivity index (χ1v) is 31.0. The molecule has 2 aliphatic rings. The van der Waals surface area contributed by atoms with Crippen LogP contribution in [-0.2, 0) is 0 Å². The average Bonchev–Trinajstić information content (AvgIpc) is 1.92. The van der Waals surface area contributed by atoms with Crippen molar-refractivity contribution in [2.45, 2.75) is 16.1 Å². The Kier molecular flexibility index (Phi) is 12.3. The van der Waals surface area contributed by atoms with Crippen LogP contribution in [0, 0.1) is 0 Å². The standard InChI is InChI=1S/C84H56N2S/c1-4-17-55(18-5-1)56-19-12-20-57(45-56)58-21-13-22-59(46-58)60-23-14-24-61(47-60)62-25-15-26-63(48-62)64-27-16-28-65(49-64)66-35-40-79-74(50-66)75-51-67(36-41-80(75)85(79)71-29-6-2-7-30-71)68-37-42-81-76(52-68)77-53-69(38-43-82(77)86(81)72-31-8-3-9-32-72)70-39-44-84-78(54-70)73-33-10-11-34-83(73)87-84/h1-54,78,84H. The van der Waals surface area contributed by atoms with E-state index in [1.54, 1.807) is 0 Å². The van der Waals surface area contributed by atoms with Gasteiger partial charge >= 0.3 is 0 Å². The van der Waals surface area contributed by atoms with Gasteiger partial charge in [-0.3, -0.25) is 0 Å². The molecule has 13 aromatic carbocycles. The summed E-state index contributed by atoms with van der Waals surface area (Å²) in [6, 6.07) is 114. The van der Waals surface area contributed by atoms with Gasteiger partial charge in [-0.15, -0.1) is 11.8 Å². The highest BCUT2D eigenvalue weighted by Crippen LogP contribution is 2.50. The van der Waals surface area contributed by atoms with Crippen molar-refractivity contribution in [1.82, 2.24) is 9.13 Å². The largest absolute Gasteiger partial charge is 0.309 e. The average molecular weight is 1130 g/mol. The quantitative estimate of drug-likeness (QED) is 0.133. The SMILES string of the molecule is C1=CC2Sc3ccccc3C2C=C1c1ccc2c(c1)c1cc(-c3ccc4c(c3)c3cc(-c5cccc(-c6cccc(-c7cccc(-c8cccc(-c9cccc(-c%10ccccc%10)c9)c8)c7)c6)c5)ccc3n4-c3ccccc3)ccc1n2-c1ccccc1. The van der Waals surface area contributed by atoms with Gasteiger partial charge in [0.25, 0.3) is 0 Å². The van der Waals surface area contributed by atoms with Gasteiger partial charge in [-0.05, 0) is 204 Å². The summed E-state index contributed by atoms with van der Waals surface area (Å²) in [6.45, 7) is 0. The number of para-hydroxylation sites is 2. The lowest BCUT2D eigenvalue weighted by molar-refractivity contribution is 0.884. The highest BCUT2D eigenvalue weighted by atomic mass is 32.2. The highest BCUT2D eigenvalue weighted by Gasteiger charge is 2.32. The molecule has 2 aromatic heterocycles. The van der Waals surface area contributed by atoms with Gasteiger partial charge < -0.3 is 9.13 Å². The molecule has 2 atom stereocenters. The topological polar surface area (TPSA) is 9.86 Å². The Morgan fingerprint density at radius 3 is 0.966 bits per heavy atom. The minimum atomic E-state index is 0.369. The van der Waals surface area contributed by atoms with Gasteiger partial charge in [-0.2, -0.15) is 0 Å². The van der Waals surface area contributed by atoms with E-state index in [2.05, 4.69) is 337 Å². The second kappa shape index (κ2) is 21.1. The number of benzene rings is 13. The number of thioether (sulfide) groups is 1. The van der Waals surface area contributed by atoms with Crippen LogP contribution in [0.3, 0.4) is 0 Å². The van der Waals surface area contributed by atoms with Crippen LogP contribution in [0.1, 0.15) is 17.0 Å². The Bertz CT molecular complexity index is 5260. The van der Waals surface area contributed by atoms with Gasteiger partial charge in [0.15, 0.2) is 0 Å². The van der Waals surface area contributed by atoms with Crippen molar-refractivity contribution in [3.63, 3.8) is 0 Å². The molecule has 0 radical (unpaired) electrons. The Hall–Kier alpha value is -10.7. The predicted octanol–water partition coefficient (Wildman–Crippen LogP) is 22.8. The summed E-state index contributed by atoms with van der Waals surface area (Å²) < 4.78 is 4.86. The second-order valence-corrected chi connectivity index (χ2v) is 24.4. The van der Waals surface area contributed by atoms with Gasteiger partial charge in [0.05, 0.1) is 22.1 Å². The molecule has 17 rings (SSSR count). The molecule has 2 nitrogen and oxygen atoms in total. The zero-order chi connectivity index (χ0) is 57.4. The molecule has 3 heterocycles. The van der Waals surface area contributed by atoms with Crippen molar-refractivity contribution in [2.24, 2.45) is 0 Å². The Morgan fingerprint density at radius 2 is 0.563 bits per heavy atom. The number of hydrogen-bond donors (Lipinski definition) is 0. The van der Waals surface area contributed by atoms with E-state index in [4.69, 9.17) is 0 Å². The van der Waals surface area contributed by atoms with Crippen molar-refractivity contribution in [2.75, 3.05) is 0 Å². The third-order valence-corrected chi connectivity index (χ3v) is 19.4. The van der Waals surface area contributed by atoms with Gasteiger partial charge in [-0.25, -0.2) is 0 Å². The van der Waals surface area contributed by atoms with E-state index in [1.165, 1.54) is 143 Å². The zero-order valence-corrected chi connectivity index (χ0v) is 48.5. The molecule has 408 valence electrons. The van der Waals surface area contributed by atoms with Gasteiger partial charge in [0, 0.05) is 49.0 Å². The smallest absolute Gasteiger partial charge is 0.0541 e. The lowest BCUT2D eigenvalue weighted by Gasteiger charge is -2.19. The number of allylic oxidation sites excluding steroid dienone is 3. The molecular formula is C84H56N2S. The molecular weight excluding hydrogens is 1070 g/mol. The molecule has 87 heavy (non-hydrogen) atoms. The van der Waals surface area contributed by atoms with Gasteiger partial charge in [0.2, 0.25) is 0 Å². The van der Waals surface area contributed by atoms with Crippen LogP contribution in [0.15, 0.2) is 333 Å². The number of hydrogen-bond acceptors (Lipinski definition) is 1.